The van der Waals surface area contributed by atoms with Gasteiger partial charge in [-0.1, -0.05) is 33.6 Å². The maximum Gasteiger partial charge on any atom is 0.0449 e. The Bertz CT molecular complexity index is 457. The molecule has 3 N–H and O–H groups in total. The molecule has 1 fully saturated rings. The Hall–Kier alpha value is -0.170. The number of nitrogens with two attached hydrogens (primary N) is 1. The number of hydrogen-bond donors (Lipinski definition) is 2. The van der Waals surface area contributed by atoms with E-state index in [0.717, 1.165) is 41.1 Å². The molecule has 1 aliphatic heterocycles. The van der Waals surface area contributed by atoms with E-state index >= 15 is 0 Å². The molecular formula is C14H22BrClN4. The van der Waals surface area contributed by atoms with Crippen molar-refractivity contribution in [3.8, 4) is 0 Å². The number of hydrogen-bond acceptors (Lipinski definition) is 4. The number of likely N-dealkylation sites (N-methyl/N-ethyl adjacent to an activating group) is 2. The second kappa shape index (κ2) is 7.20. The molecule has 2 atom stereocenters. The fraction of sp³-hybridized carbons (Fsp3) is 0.571. The Morgan fingerprint density at radius 1 is 1.45 bits per heavy atom. The summed E-state index contributed by atoms with van der Waals surface area (Å²) >= 11 is 9.75. The zero-order valence-corrected chi connectivity index (χ0v) is 14.3. The smallest absolute Gasteiger partial charge is 0.0449 e. The van der Waals surface area contributed by atoms with Gasteiger partial charge in [-0.2, -0.15) is 0 Å². The van der Waals surface area contributed by atoms with Crippen LogP contribution < -0.4 is 11.3 Å². The fourth-order valence-electron chi connectivity index (χ4n) is 2.71. The second-order valence-corrected chi connectivity index (χ2v) is 6.85. The van der Waals surface area contributed by atoms with Crippen molar-refractivity contribution in [3.05, 3.63) is 33.3 Å². The summed E-state index contributed by atoms with van der Waals surface area (Å²) in [5, 5.41) is 0.784. The molecule has 0 saturated carbocycles. The minimum Gasteiger partial charge on any atom is -0.303 e. The maximum absolute atomic E-state index is 6.31. The molecule has 1 aromatic carbocycles. The van der Waals surface area contributed by atoms with Crippen LogP contribution in [0.15, 0.2) is 22.7 Å². The molecule has 4 nitrogen and oxygen atoms in total. The van der Waals surface area contributed by atoms with E-state index in [-0.39, 0.29) is 6.04 Å². The highest BCUT2D eigenvalue weighted by molar-refractivity contribution is 9.10. The van der Waals surface area contributed by atoms with E-state index in [1.165, 1.54) is 0 Å². The lowest BCUT2D eigenvalue weighted by molar-refractivity contribution is 0.0877. The lowest BCUT2D eigenvalue weighted by Crippen LogP contribution is -2.60. The fourth-order valence-corrected chi connectivity index (χ4v) is 3.46. The molecule has 1 aromatic rings. The number of nitrogens with zero attached hydrogens (tertiary/aromatic N) is 2. The minimum absolute atomic E-state index is 0.182. The van der Waals surface area contributed by atoms with Gasteiger partial charge in [-0.3, -0.25) is 16.2 Å². The van der Waals surface area contributed by atoms with Crippen molar-refractivity contribution in [2.45, 2.75) is 18.5 Å². The summed E-state index contributed by atoms with van der Waals surface area (Å²) in [6.45, 7) is 3.18. The van der Waals surface area contributed by atoms with E-state index in [1.807, 2.05) is 12.1 Å². The molecule has 0 radical (unpaired) electrons. The number of piperazine rings is 1. The van der Waals surface area contributed by atoms with Crippen LogP contribution in [0.25, 0.3) is 0 Å². The van der Waals surface area contributed by atoms with Crippen LogP contribution in [0.4, 0.5) is 0 Å². The van der Waals surface area contributed by atoms with Gasteiger partial charge in [-0.05, 0) is 38.2 Å². The van der Waals surface area contributed by atoms with Crippen molar-refractivity contribution in [2.24, 2.45) is 5.84 Å². The first kappa shape index (κ1) is 16.2. The second-order valence-electron chi connectivity index (χ2n) is 5.52. The molecule has 2 rings (SSSR count). The molecule has 1 heterocycles. The first-order valence-electron chi connectivity index (χ1n) is 6.80. The quantitative estimate of drug-likeness (QED) is 0.633. The van der Waals surface area contributed by atoms with Gasteiger partial charge in [0, 0.05) is 41.2 Å². The lowest BCUT2D eigenvalue weighted by atomic mass is 9.97. The van der Waals surface area contributed by atoms with Crippen LogP contribution in [0.5, 0.6) is 0 Å². The topological polar surface area (TPSA) is 44.5 Å². The predicted octanol–water partition coefficient (Wildman–Crippen LogP) is 1.72. The van der Waals surface area contributed by atoms with Gasteiger partial charge >= 0.3 is 0 Å². The number of halogens is 2. The third-order valence-electron chi connectivity index (χ3n) is 4.03. The van der Waals surface area contributed by atoms with Crippen LogP contribution in [0.2, 0.25) is 5.02 Å². The molecule has 1 aliphatic rings. The first-order valence-corrected chi connectivity index (χ1v) is 7.97. The molecule has 20 heavy (non-hydrogen) atoms. The van der Waals surface area contributed by atoms with E-state index in [9.17, 15) is 0 Å². The third kappa shape index (κ3) is 3.93. The van der Waals surface area contributed by atoms with Crippen LogP contribution in [-0.4, -0.2) is 55.6 Å². The summed E-state index contributed by atoms with van der Waals surface area (Å²) in [5.41, 5.74) is 4.10. The Morgan fingerprint density at radius 2 is 2.20 bits per heavy atom. The molecule has 6 heteroatoms. The maximum atomic E-state index is 6.31. The van der Waals surface area contributed by atoms with Crippen molar-refractivity contribution >= 4 is 27.5 Å². The molecule has 1 saturated heterocycles. The summed E-state index contributed by atoms with van der Waals surface area (Å²) in [6.07, 6.45) is 0.825. The normalized spacial score (nSPS) is 22.9. The van der Waals surface area contributed by atoms with Gasteiger partial charge in [0.15, 0.2) is 0 Å². The van der Waals surface area contributed by atoms with Gasteiger partial charge in [0.1, 0.15) is 0 Å². The number of hydrazine groups is 1. The highest BCUT2D eigenvalue weighted by Crippen LogP contribution is 2.24. The Morgan fingerprint density at radius 3 is 2.85 bits per heavy atom. The Balaban J connectivity index is 2.11. The van der Waals surface area contributed by atoms with Crippen LogP contribution >= 0.6 is 27.5 Å². The summed E-state index contributed by atoms with van der Waals surface area (Å²) in [6, 6.07) is 6.58. The minimum atomic E-state index is 0.182. The van der Waals surface area contributed by atoms with Crippen molar-refractivity contribution < 1.29 is 0 Å². The summed E-state index contributed by atoms with van der Waals surface area (Å²) in [7, 11) is 4.31. The van der Waals surface area contributed by atoms with Crippen molar-refractivity contribution in [1.29, 1.82) is 0 Å². The van der Waals surface area contributed by atoms with E-state index in [1.54, 1.807) is 0 Å². The average Bonchev–Trinajstić information content (AvgIpc) is 2.41. The van der Waals surface area contributed by atoms with Gasteiger partial charge in [0.05, 0.1) is 0 Å². The van der Waals surface area contributed by atoms with Crippen LogP contribution in [-0.2, 0) is 6.42 Å². The van der Waals surface area contributed by atoms with Gasteiger partial charge in [-0.15, -0.1) is 0 Å². The molecular weight excluding hydrogens is 340 g/mol. The monoisotopic (exact) mass is 360 g/mol. The average molecular weight is 362 g/mol. The molecule has 112 valence electrons. The molecule has 0 bridgehead atoms. The highest BCUT2D eigenvalue weighted by atomic mass is 79.9. The van der Waals surface area contributed by atoms with Crippen LogP contribution in [0.3, 0.4) is 0 Å². The number of benzene rings is 1. The predicted molar refractivity (Wildman–Crippen MR) is 87.9 cm³/mol. The van der Waals surface area contributed by atoms with Crippen molar-refractivity contribution in [1.82, 2.24) is 15.2 Å². The molecule has 0 spiro atoms. The molecule has 0 amide bonds. The molecule has 2 unspecified atom stereocenters. The van der Waals surface area contributed by atoms with Gasteiger partial charge in [0.25, 0.3) is 0 Å². The summed E-state index contributed by atoms with van der Waals surface area (Å²) in [4.78, 5) is 4.72. The number of rotatable bonds is 4. The number of nitrogens with one attached hydrogen (secondary N) is 1. The third-order valence-corrected chi connectivity index (χ3v) is 4.88. The SMILES string of the molecule is CN1CCN(C)C(C(Cc2ccc(Br)cc2Cl)NN)C1. The molecule has 0 aliphatic carbocycles. The van der Waals surface area contributed by atoms with E-state index in [4.69, 9.17) is 17.4 Å². The Labute approximate surface area is 134 Å². The zero-order valence-electron chi connectivity index (χ0n) is 11.9. The largest absolute Gasteiger partial charge is 0.303 e. The van der Waals surface area contributed by atoms with Crippen molar-refractivity contribution in [2.75, 3.05) is 33.7 Å². The lowest BCUT2D eigenvalue weighted by Gasteiger charge is -2.41. The van der Waals surface area contributed by atoms with Gasteiger partial charge in [0.2, 0.25) is 0 Å². The van der Waals surface area contributed by atoms with E-state index in [0.29, 0.717) is 6.04 Å². The summed E-state index contributed by atoms with van der Waals surface area (Å²) in [5.74, 6) is 5.79. The summed E-state index contributed by atoms with van der Waals surface area (Å²) < 4.78 is 0.998. The van der Waals surface area contributed by atoms with Crippen LogP contribution in [0, 0.1) is 0 Å². The first-order chi connectivity index (χ1) is 9.51. The van der Waals surface area contributed by atoms with Crippen LogP contribution in [0.1, 0.15) is 5.56 Å². The molecule has 0 aromatic heterocycles. The van der Waals surface area contributed by atoms with E-state index in [2.05, 4.69) is 51.3 Å². The Kier molecular flexibility index (Phi) is 5.84. The van der Waals surface area contributed by atoms with Crippen molar-refractivity contribution in [3.63, 3.8) is 0 Å². The zero-order chi connectivity index (χ0) is 14.7. The standard InChI is InChI=1S/C14H22BrClN4/c1-19-5-6-20(2)14(9-19)13(18-17)7-10-3-4-11(15)8-12(10)16/h3-4,8,13-14,18H,5-7,9,17H2,1-2H3. The van der Waals surface area contributed by atoms with Gasteiger partial charge < -0.3 is 4.90 Å². The van der Waals surface area contributed by atoms with Gasteiger partial charge in [-0.25, -0.2) is 0 Å². The highest BCUT2D eigenvalue weighted by Gasteiger charge is 2.29. The van der Waals surface area contributed by atoms with E-state index < -0.39 is 0 Å².